The molecule has 1 aliphatic heterocycles. The normalized spacial score (nSPS) is 15.8. The van der Waals surface area contributed by atoms with Gasteiger partial charge in [-0.05, 0) is 63.6 Å². The molecule has 0 atom stereocenters. The molecular weight excluding hydrogens is 404 g/mol. The maximum absolute atomic E-state index is 12.5. The van der Waals surface area contributed by atoms with Crippen molar-refractivity contribution in [3.63, 3.8) is 0 Å². The van der Waals surface area contributed by atoms with E-state index in [0.717, 1.165) is 33.2 Å². The van der Waals surface area contributed by atoms with Gasteiger partial charge in [-0.25, -0.2) is 0 Å². The number of thioether (sulfide) groups is 1. The van der Waals surface area contributed by atoms with E-state index in [4.69, 9.17) is 4.74 Å². The molecule has 0 aliphatic carbocycles. The quantitative estimate of drug-likeness (QED) is 0.720. The highest BCUT2D eigenvalue weighted by molar-refractivity contribution is 9.10. The summed E-state index contributed by atoms with van der Waals surface area (Å²) in [5, 5.41) is 2.81. The second-order valence-electron chi connectivity index (χ2n) is 5.20. The first kappa shape index (κ1) is 17.6. The van der Waals surface area contributed by atoms with Gasteiger partial charge >= 0.3 is 0 Å². The highest BCUT2D eigenvalue weighted by atomic mass is 79.9. The van der Waals surface area contributed by atoms with Gasteiger partial charge in [0, 0.05) is 10.2 Å². The first-order valence-corrected chi connectivity index (χ1v) is 9.07. The molecule has 2 aromatic rings. The number of methoxy groups -OCH3 is 1. The van der Waals surface area contributed by atoms with Crippen molar-refractivity contribution in [3.05, 3.63) is 63.5 Å². The van der Waals surface area contributed by atoms with Crippen molar-refractivity contribution in [1.29, 1.82) is 0 Å². The van der Waals surface area contributed by atoms with Gasteiger partial charge in [0.1, 0.15) is 5.75 Å². The number of nitrogens with zero attached hydrogens (tertiary/aromatic N) is 1. The number of imide groups is 1. The fraction of sp³-hybridized carbons (Fsp3) is 0.111. The van der Waals surface area contributed by atoms with Crippen molar-refractivity contribution in [2.24, 2.45) is 0 Å². The molecule has 0 spiro atoms. The van der Waals surface area contributed by atoms with E-state index in [1.54, 1.807) is 13.2 Å². The first-order valence-electron chi connectivity index (χ1n) is 7.46. The minimum absolute atomic E-state index is 0.118. The lowest BCUT2D eigenvalue weighted by atomic mass is 10.2. The van der Waals surface area contributed by atoms with Gasteiger partial charge in [0.25, 0.3) is 11.1 Å². The van der Waals surface area contributed by atoms with Crippen LogP contribution in [0.3, 0.4) is 0 Å². The summed E-state index contributed by atoms with van der Waals surface area (Å²) < 4.78 is 5.98. The molecule has 3 rings (SSSR count). The van der Waals surface area contributed by atoms with E-state index in [1.807, 2.05) is 48.5 Å². The predicted molar refractivity (Wildman–Crippen MR) is 103 cm³/mol. The SMILES string of the molecule is COc1ccc(C=C2SC(=O)N(CNc3ccccc3Br)C2=O)cc1. The van der Waals surface area contributed by atoms with E-state index in [-0.39, 0.29) is 17.8 Å². The van der Waals surface area contributed by atoms with Crippen LogP contribution in [0.4, 0.5) is 10.5 Å². The number of hydrogen-bond donors (Lipinski definition) is 1. The zero-order valence-electron chi connectivity index (χ0n) is 13.4. The molecule has 1 saturated heterocycles. The average Bonchev–Trinajstić information content (AvgIpc) is 2.88. The van der Waals surface area contributed by atoms with Gasteiger partial charge < -0.3 is 10.1 Å². The number of anilines is 1. The summed E-state index contributed by atoms with van der Waals surface area (Å²) in [5.74, 6) is 0.438. The standard InChI is InChI=1S/C18H15BrN2O3S/c1-24-13-8-6-12(7-9-13)10-16-17(22)21(18(23)25-16)11-20-15-5-3-2-4-14(15)19/h2-10,20H,11H2,1H3. The highest BCUT2D eigenvalue weighted by Crippen LogP contribution is 2.32. The number of hydrogen-bond acceptors (Lipinski definition) is 5. The Kier molecular flexibility index (Phi) is 5.45. The molecule has 1 aliphatic rings. The fourth-order valence-corrected chi connectivity index (χ4v) is 3.52. The maximum atomic E-state index is 12.5. The van der Waals surface area contributed by atoms with Gasteiger partial charge in [-0.1, -0.05) is 24.3 Å². The number of halogens is 1. The van der Waals surface area contributed by atoms with E-state index in [9.17, 15) is 9.59 Å². The molecular formula is C18H15BrN2O3S. The number of rotatable bonds is 5. The third-order valence-corrected chi connectivity index (χ3v) is 5.19. The van der Waals surface area contributed by atoms with E-state index < -0.39 is 0 Å². The summed E-state index contributed by atoms with van der Waals surface area (Å²) in [6.07, 6.45) is 1.71. The Morgan fingerprint density at radius 2 is 1.88 bits per heavy atom. The fourth-order valence-electron chi connectivity index (χ4n) is 2.26. The smallest absolute Gasteiger partial charge is 0.295 e. The van der Waals surface area contributed by atoms with Crippen LogP contribution in [-0.2, 0) is 4.79 Å². The van der Waals surface area contributed by atoms with Gasteiger partial charge in [-0.2, -0.15) is 0 Å². The monoisotopic (exact) mass is 418 g/mol. The molecule has 0 aromatic heterocycles. The minimum Gasteiger partial charge on any atom is -0.497 e. The lowest BCUT2D eigenvalue weighted by molar-refractivity contribution is -0.122. The third-order valence-electron chi connectivity index (χ3n) is 3.59. The van der Waals surface area contributed by atoms with Gasteiger partial charge in [-0.3, -0.25) is 14.5 Å². The number of nitrogens with one attached hydrogen (secondary N) is 1. The Morgan fingerprint density at radius 1 is 1.16 bits per heavy atom. The second-order valence-corrected chi connectivity index (χ2v) is 7.05. The van der Waals surface area contributed by atoms with Crippen LogP contribution in [-0.4, -0.2) is 29.8 Å². The largest absolute Gasteiger partial charge is 0.497 e. The molecule has 0 bridgehead atoms. The van der Waals surface area contributed by atoms with E-state index in [2.05, 4.69) is 21.2 Å². The molecule has 25 heavy (non-hydrogen) atoms. The molecule has 0 saturated carbocycles. The molecule has 2 amide bonds. The number of amides is 2. The van der Waals surface area contributed by atoms with Gasteiger partial charge in [-0.15, -0.1) is 0 Å². The number of para-hydroxylation sites is 1. The number of carbonyl (C=O) groups excluding carboxylic acids is 2. The summed E-state index contributed by atoms with van der Waals surface area (Å²) in [7, 11) is 1.60. The van der Waals surface area contributed by atoms with Crippen LogP contribution in [0.25, 0.3) is 6.08 Å². The second kappa shape index (κ2) is 7.76. The lowest BCUT2D eigenvalue weighted by Crippen LogP contribution is -2.33. The highest BCUT2D eigenvalue weighted by Gasteiger charge is 2.34. The average molecular weight is 419 g/mol. The zero-order valence-corrected chi connectivity index (χ0v) is 15.8. The van der Waals surface area contributed by atoms with E-state index in [0.29, 0.717) is 4.91 Å². The predicted octanol–water partition coefficient (Wildman–Crippen LogP) is 4.56. The number of ether oxygens (including phenoxy) is 1. The molecule has 0 unspecified atom stereocenters. The summed E-state index contributed by atoms with van der Waals surface area (Å²) in [4.78, 5) is 26.2. The Labute approximate surface area is 158 Å². The first-order chi connectivity index (χ1) is 12.1. The Morgan fingerprint density at radius 3 is 2.56 bits per heavy atom. The van der Waals surface area contributed by atoms with Crippen molar-refractivity contribution < 1.29 is 14.3 Å². The molecule has 128 valence electrons. The summed E-state index contributed by atoms with van der Waals surface area (Å²) in [6, 6.07) is 14.8. The molecule has 1 heterocycles. The Hall–Kier alpha value is -2.25. The van der Waals surface area contributed by atoms with Crippen LogP contribution in [0, 0.1) is 0 Å². The summed E-state index contributed by atoms with van der Waals surface area (Å²) in [6.45, 7) is 0.118. The van der Waals surface area contributed by atoms with Crippen LogP contribution in [0.2, 0.25) is 0 Å². The van der Waals surface area contributed by atoms with E-state index in [1.165, 1.54) is 4.90 Å². The molecule has 2 aromatic carbocycles. The minimum atomic E-state index is -0.301. The van der Waals surface area contributed by atoms with Crippen LogP contribution in [0.5, 0.6) is 5.75 Å². The van der Waals surface area contributed by atoms with Crippen molar-refractivity contribution in [2.75, 3.05) is 19.1 Å². The Bertz CT molecular complexity index is 836. The van der Waals surface area contributed by atoms with Crippen LogP contribution >= 0.6 is 27.7 Å². The van der Waals surface area contributed by atoms with Crippen LogP contribution < -0.4 is 10.1 Å². The molecule has 0 radical (unpaired) electrons. The van der Waals surface area contributed by atoms with Crippen molar-refractivity contribution in [3.8, 4) is 5.75 Å². The summed E-state index contributed by atoms with van der Waals surface area (Å²) >= 11 is 4.37. The van der Waals surface area contributed by atoms with E-state index >= 15 is 0 Å². The summed E-state index contributed by atoms with van der Waals surface area (Å²) in [5.41, 5.74) is 1.66. The zero-order chi connectivity index (χ0) is 17.8. The van der Waals surface area contributed by atoms with Gasteiger partial charge in [0.15, 0.2) is 0 Å². The molecule has 1 N–H and O–H groups in total. The maximum Gasteiger partial charge on any atom is 0.295 e. The van der Waals surface area contributed by atoms with Crippen molar-refractivity contribution in [2.45, 2.75) is 0 Å². The lowest BCUT2D eigenvalue weighted by Gasteiger charge is -2.15. The number of benzene rings is 2. The third kappa shape index (κ3) is 4.05. The van der Waals surface area contributed by atoms with Gasteiger partial charge in [0.05, 0.1) is 18.7 Å². The number of carbonyl (C=O) groups is 2. The molecule has 5 nitrogen and oxygen atoms in total. The topological polar surface area (TPSA) is 58.6 Å². The van der Waals surface area contributed by atoms with Gasteiger partial charge in [0.2, 0.25) is 0 Å². The van der Waals surface area contributed by atoms with Crippen LogP contribution in [0.1, 0.15) is 5.56 Å². The van der Waals surface area contributed by atoms with Crippen LogP contribution in [0.15, 0.2) is 57.9 Å². The Balaban J connectivity index is 1.71. The molecule has 1 fully saturated rings. The van der Waals surface area contributed by atoms with Crippen molar-refractivity contribution in [1.82, 2.24) is 4.90 Å². The van der Waals surface area contributed by atoms with Crippen molar-refractivity contribution >= 4 is 50.6 Å². The molecule has 7 heteroatoms.